The molecule has 2 aromatic carbocycles. The number of hydrogen-bond acceptors (Lipinski definition) is 6. The molecule has 162 valence electrons. The van der Waals surface area contributed by atoms with Crippen molar-refractivity contribution in [2.45, 2.75) is 33.7 Å². The Morgan fingerprint density at radius 2 is 1.71 bits per heavy atom. The molecule has 0 unspecified atom stereocenters. The smallest absolute Gasteiger partial charge is 0.325 e. The Kier molecular flexibility index (Phi) is 5.82. The Hall–Kier alpha value is -3.13. The van der Waals surface area contributed by atoms with Crippen molar-refractivity contribution in [3.8, 4) is 11.5 Å². The number of nitrogens with zero attached hydrogens (tertiary/aromatic N) is 2. The van der Waals surface area contributed by atoms with Gasteiger partial charge < -0.3 is 18.8 Å². The zero-order valence-electron chi connectivity index (χ0n) is 18.0. The number of benzene rings is 2. The number of amides is 1. The van der Waals surface area contributed by atoms with Crippen molar-refractivity contribution in [1.29, 1.82) is 0 Å². The van der Waals surface area contributed by atoms with Gasteiger partial charge in [0.05, 0.1) is 23.7 Å². The maximum Gasteiger partial charge on any atom is 0.325 e. The summed E-state index contributed by atoms with van der Waals surface area (Å²) in [5.74, 6) is 0.569. The molecule has 0 radical (unpaired) electrons. The van der Waals surface area contributed by atoms with E-state index >= 15 is 0 Å². The number of thiazole rings is 1. The Labute approximate surface area is 183 Å². The number of ether oxygens (including phenoxy) is 3. The topological polar surface area (TPSA) is 79.1 Å². The van der Waals surface area contributed by atoms with Gasteiger partial charge in [-0.05, 0) is 37.5 Å². The van der Waals surface area contributed by atoms with E-state index in [1.165, 1.54) is 18.4 Å². The van der Waals surface area contributed by atoms with Gasteiger partial charge in [-0.25, -0.2) is 0 Å². The van der Waals surface area contributed by atoms with Gasteiger partial charge >= 0.3 is 5.97 Å². The highest BCUT2D eigenvalue weighted by Crippen LogP contribution is 2.35. The van der Waals surface area contributed by atoms with Crippen LogP contribution in [0.1, 0.15) is 22.3 Å². The molecule has 4 rings (SSSR count). The van der Waals surface area contributed by atoms with Crippen LogP contribution in [0.2, 0.25) is 0 Å². The number of aryl methyl sites for hydroxylation is 3. The lowest BCUT2D eigenvalue weighted by atomic mass is 9.97. The van der Waals surface area contributed by atoms with Gasteiger partial charge in [-0.1, -0.05) is 29.0 Å². The number of esters is 1. The summed E-state index contributed by atoms with van der Waals surface area (Å²) in [7, 11) is 1.33. The maximum atomic E-state index is 12.9. The van der Waals surface area contributed by atoms with E-state index in [1.807, 2.05) is 32.9 Å². The molecule has 3 aromatic rings. The summed E-state index contributed by atoms with van der Waals surface area (Å²) in [5, 5.41) is 0. The lowest BCUT2D eigenvalue weighted by Gasteiger charge is -2.18. The van der Waals surface area contributed by atoms with Gasteiger partial charge in [-0.15, -0.1) is 0 Å². The van der Waals surface area contributed by atoms with Gasteiger partial charge in [0.1, 0.15) is 19.8 Å². The highest BCUT2D eigenvalue weighted by molar-refractivity contribution is 7.16. The maximum absolute atomic E-state index is 12.9. The molecule has 0 bridgehead atoms. The number of methoxy groups -OCH3 is 1. The minimum Gasteiger partial charge on any atom is -0.486 e. The summed E-state index contributed by atoms with van der Waals surface area (Å²) in [6, 6.07) is 7.81. The molecule has 1 aromatic heterocycles. The number of hydrogen-bond donors (Lipinski definition) is 0. The molecule has 1 aliphatic heterocycles. The van der Waals surface area contributed by atoms with Crippen LogP contribution in [0.25, 0.3) is 10.2 Å². The molecule has 0 aliphatic carbocycles. The summed E-state index contributed by atoms with van der Waals surface area (Å²) in [5.41, 5.74) is 5.03. The van der Waals surface area contributed by atoms with Crippen LogP contribution in [0.15, 0.2) is 29.3 Å². The first-order chi connectivity index (χ1) is 14.9. The lowest BCUT2D eigenvalue weighted by molar-refractivity contribution is -0.141. The summed E-state index contributed by atoms with van der Waals surface area (Å²) in [6.45, 7) is 6.94. The fourth-order valence-electron chi connectivity index (χ4n) is 3.82. The fourth-order valence-corrected chi connectivity index (χ4v) is 4.88. The van der Waals surface area contributed by atoms with E-state index in [2.05, 4.69) is 17.1 Å². The monoisotopic (exact) mass is 440 g/mol. The highest BCUT2D eigenvalue weighted by atomic mass is 32.1. The molecular formula is C23H24N2O5S. The normalized spacial score (nSPS) is 13.5. The van der Waals surface area contributed by atoms with Crippen LogP contribution in [0.5, 0.6) is 11.5 Å². The molecule has 0 N–H and O–H groups in total. The average Bonchev–Trinajstić information content (AvgIpc) is 3.04. The number of rotatable bonds is 4. The second kappa shape index (κ2) is 8.55. The van der Waals surface area contributed by atoms with Crippen molar-refractivity contribution in [3.05, 3.63) is 51.3 Å². The second-order valence-electron chi connectivity index (χ2n) is 7.57. The third kappa shape index (κ3) is 4.34. The van der Waals surface area contributed by atoms with Gasteiger partial charge in [-0.2, -0.15) is 4.99 Å². The van der Waals surface area contributed by atoms with E-state index in [-0.39, 0.29) is 18.9 Å². The van der Waals surface area contributed by atoms with Gasteiger partial charge in [0.15, 0.2) is 16.3 Å². The predicted octanol–water partition coefficient (Wildman–Crippen LogP) is 3.24. The quantitative estimate of drug-likeness (QED) is 0.582. The molecule has 0 spiro atoms. The van der Waals surface area contributed by atoms with Crippen LogP contribution in [-0.4, -0.2) is 36.8 Å². The summed E-state index contributed by atoms with van der Waals surface area (Å²) < 4.78 is 18.7. The van der Waals surface area contributed by atoms with Crippen LogP contribution < -0.4 is 14.3 Å². The zero-order chi connectivity index (χ0) is 22.1. The largest absolute Gasteiger partial charge is 0.486 e. The van der Waals surface area contributed by atoms with E-state index < -0.39 is 5.97 Å². The molecule has 8 heteroatoms. The van der Waals surface area contributed by atoms with Crippen LogP contribution in [0.4, 0.5) is 0 Å². The van der Waals surface area contributed by atoms with Crippen molar-refractivity contribution in [3.63, 3.8) is 0 Å². The highest BCUT2D eigenvalue weighted by Gasteiger charge is 2.18. The Balaban J connectivity index is 1.78. The Morgan fingerprint density at radius 3 is 2.35 bits per heavy atom. The first kappa shape index (κ1) is 21.1. The van der Waals surface area contributed by atoms with Crippen molar-refractivity contribution in [1.82, 2.24) is 4.57 Å². The predicted molar refractivity (Wildman–Crippen MR) is 118 cm³/mol. The Morgan fingerprint density at radius 1 is 1.06 bits per heavy atom. The number of carbonyl (C=O) groups is 2. The van der Waals surface area contributed by atoms with E-state index in [4.69, 9.17) is 14.2 Å². The molecule has 31 heavy (non-hydrogen) atoms. The van der Waals surface area contributed by atoms with Crippen LogP contribution in [0, 0.1) is 20.8 Å². The van der Waals surface area contributed by atoms with Gasteiger partial charge in [-0.3, -0.25) is 9.59 Å². The lowest BCUT2D eigenvalue weighted by Crippen LogP contribution is -2.23. The average molecular weight is 441 g/mol. The van der Waals surface area contributed by atoms with Gasteiger partial charge in [0.25, 0.3) is 5.91 Å². The van der Waals surface area contributed by atoms with Crippen LogP contribution >= 0.6 is 11.3 Å². The third-order valence-electron chi connectivity index (χ3n) is 5.25. The van der Waals surface area contributed by atoms with Gasteiger partial charge in [0.2, 0.25) is 0 Å². The first-order valence-electron chi connectivity index (χ1n) is 10.00. The third-order valence-corrected chi connectivity index (χ3v) is 6.29. The SMILES string of the molecule is COC(=O)Cn1c(=NC(=O)Cc2c(C)cc(C)cc2C)sc2cc3c(cc21)OCCO3. The molecule has 0 atom stereocenters. The van der Waals surface area contributed by atoms with Crippen molar-refractivity contribution >= 4 is 33.4 Å². The molecule has 0 fully saturated rings. The van der Waals surface area contributed by atoms with E-state index in [1.54, 1.807) is 4.57 Å². The molecule has 0 saturated carbocycles. The first-order valence-corrected chi connectivity index (χ1v) is 10.8. The molecule has 1 amide bonds. The molecular weight excluding hydrogens is 416 g/mol. The second-order valence-corrected chi connectivity index (χ2v) is 8.58. The summed E-state index contributed by atoms with van der Waals surface area (Å²) in [6.07, 6.45) is 0.202. The zero-order valence-corrected chi connectivity index (χ0v) is 18.8. The summed E-state index contributed by atoms with van der Waals surface area (Å²) >= 11 is 1.33. The fraction of sp³-hybridized carbons (Fsp3) is 0.348. The van der Waals surface area contributed by atoms with E-state index in [0.717, 1.165) is 32.5 Å². The Bertz CT molecular complexity index is 1230. The summed E-state index contributed by atoms with van der Waals surface area (Å²) in [4.78, 5) is 29.7. The van der Waals surface area contributed by atoms with Crippen LogP contribution in [0.3, 0.4) is 0 Å². The van der Waals surface area contributed by atoms with Crippen molar-refractivity contribution < 1.29 is 23.8 Å². The molecule has 0 saturated heterocycles. The number of aromatic nitrogens is 1. The molecule has 7 nitrogen and oxygen atoms in total. The van der Waals surface area contributed by atoms with E-state index in [9.17, 15) is 9.59 Å². The number of fused-ring (bicyclic) bond motifs is 2. The van der Waals surface area contributed by atoms with E-state index in [0.29, 0.717) is 29.5 Å². The number of carbonyl (C=O) groups excluding carboxylic acids is 2. The van der Waals surface area contributed by atoms with Crippen molar-refractivity contribution in [2.24, 2.45) is 4.99 Å². The molecule has 1 aliphatic rings. The minimum atomic E-state index is -0.422. The van der Waals surface area contributed by atoms with Crippen molar-refractivity contribution in [2.75, 3.05) is 20.3 Å². The minimum absolute atomic E-state index is 0.0507. The molecule has 2 heterocycles. The van der Waals surface area contributed by atoms with Crippen LogP contribution in [-0.2, 0) is 27.3 Å². The standard InChI is InChI=1S/C23H24N2O5S/c1-13-7-14(2)16(15(3)8-13)9-21(26)24-23-25(12-22(27)28-4)17-10-18-19(11-20(17)31-23)30-6-5-29-18/h7-8,10-11H,5-6,9,12H2,1-4H3. The van der Waals surface area contributed by atoms with Gasteiger partial charge in [0, 0.05) is 12.1 Å².